The molecule has 1 atom stereocenters. The molecule has 0 saturated carbocycles. The summed E-state index contributed by atoms with van der Waals surface area (Å²) in [5, 5.41) is 3.83. The van der Waals surface area contributed by atoms with Gasteiger partial charge in [-0.15, -0.1) is 0 Å². The number of nitrogens with zero attached hydrogens (tertiary/aromatic N) is 3. The monoisotopic (exact) mass is 291 g/mol. The van der Waals surface area contributed by atoms with Crippen molar-refractivity contribution in [2.75, 3.05) is 21.3 Å². The molecule has 6 heteroatoms. The van der Waals surface area contributed by atoms with E-state index in [9.17, 15) is 0 Å². The van der Waals surface area contributed by atoms with Gasteiger partial charge >= 0.3 is 0 Å². The molecule has 0 radical (unpaired) electrons. The third-order valence-electron chi connectivity index (χ3n) is 3.48. The van der Waals surface area contributed by atoms with Gasteiger partial charge in [0, 0.05) is 18.2 Å². The van der Waals surface area contributed by atoms with E-state index < -0.39 is 0 Å². The highest BCUT2D eigenvalue weighted by Crippen LogP contribution is 2.27. The van der Waals surface area contributed by atoms with Crippen LogP contribution in [0.2, 0.25) is 0 Å². The first-order chi connectivity index (χ1) is 10.0. The standard InChI is InChI=1S/C15H21N3O3/c1-10(15-16-11(2)17-21-15)18(3)9-12-6-7-13(19-4)8-14(12)20-5/h6-8,10H,9H2,1-5H3. The Kier molecular flexibility index (Phi) is 4.80. The number of methoxy groups -OCH3 is 2. The van der Waals surface area contributed by atoms with Crippen molar-refractivity contribution in [2.24, 2.45) is 0 Å². The Bertz CT molecular complexity index is 598. The van der Waals surface area contributed by atoms with Crippen LogP contribution in [-0.2, 0) is 6.54 Å². The van der Waals surface area contributed by atoms with Gasteiger partial charge in [-0.1, -0.05) is 11.2 Å². The fraction of sp³-hybridized carbons (Fsp3) is 0.467. The quantitative estimate of drug-likeness (QED) is 0.815. The highest BCUT2D eigenvalue weighted by atomic mass is 16.5. The second kappa shape index (κ2) is 6.58. The Morgan fingerprint density at radius 2 is 2.05 bits per heavy atom. The number of hydrogen-bond donors (Lipinski definition) is 0. The van der Waals surface area contributed by atoms with Crippen molar-refractivity contribution in [2.45, 2.75) is 26.4 Å². The third-order valence-corrected chi connectivity index (χ3v) is 3.48. The van der Waals surface area contributed by atoms with Gasteiger partial charge in [-0.05, 0) is 27.0 Å². The molecule has 0 amide bonds. The van der Waals surface area contributed by atoms with E-state index in [0.717, 1.165) is 17.1 Å². The summed E-state index contributed by atoms with van der Waals surface area (Å²) in [5.74, 6) is 2.84. The molecular weight excluding hydrogens is 270 g/mol. The van der Waals surface area contributed by atoms with Gasteiger partial charge in [0.2, 0.25) is 5.89 Å². The van der Waals surface area contributed by atoms with Crippen LogP contribution in [0.3, 0.4) is 0 Å². The SMILES string of the molecule is COc1ccc(CN(C)C(C)c2nc(C)no2)c(OC)c1. The van der Waals surface area contributed by atoms with Crippen molar-refractivity contribution in [3.8, 4) is 11.5 Å². The molecule has 1 unspecified atom stereocenters. The van der Waals surface area contributed by atoms with E-state index in [0.29, 0.717) is 18.3 Å². The molecule has 2 aromatic rings. The maximum absolute atomic E-state index is 5.42. The summed E-state index contributed by atoms with van der Waals surface area (Å²) < 4.78 is 15.9. The average Bonchev–Trinajstić information content (AvgIpc) is 2.93. The maximum atomic E-state index is 5.42. The normalized spacial score (nSPS) is 12.5. The zero-order valence-corrected chi connectivity index (χ0v) is 13.1. The molecule has 0 saturated heterocycles. The first kappa shape index (κ1) is 15.3. The number of aromatic nitrogens is 2. The van der Waals surface area contributed by atoms with Crippen molar-refractivity contribution >= 4 is 0 Å². The molecule has 0 bridgehead atoms. The van der Waals surface area contributed by atoms with E-state index in [4.69, 9.17) is 14.0 Å². The van der Waals surface area contributed by atoms with Crippen molar-refractivity contribution in [1.29, 1.82) is 0 Å². The maximum Gasteiger partial charge on any atom is 0.243 e. The number of hydrogen-bond acceptors (Lipinski definition) is 6. The summed E-state index contributed by atoms with van der Waals surface area (Å²) in [7, 11) is 5.30. The van der Waals surface area contributed by atoms with Crippen LogP contribution >= 0.6 is 0 Å². The van der Waals surface area contributed by atoms with Crippen LogP contribution in [0.15, 0.2) is 22.7 Å². The van der Waals surface area contributed by atoms with E-state index in [2.05, 4.69) is 15.0 Å². The summed E-state index contributed by atoms with van der Waals surface area (Å²) >= 11 is 0. The fourth-order valence-electron chi connectivity index (χ4n) is 2.06. The molecule has 21 heavy (non-hydrogen) atoms. The summed E-state index contributed by atoms with van der Waals surface area (Å²) in [6.45, 7) is 4.55. The molecule has 0 aliphatic heterocycles. The minimum atomic E-state index is 0.0259. The topological polar surface area (TPSA) is 60.6 Å². The van der Waals surface area contributed by atoms with Crippen LogP contribution < -0.4 is 9.47 Å². The Labute approximate surface area is 124 Å². The zero-order valence-electron chi connectivity index (χ0n) is 13.1. The Balaban J connectivity index is 2.13. The van der Waals surface area contributed by atoms with E-state index in [1.807, 2.05) is 39.1 Å². The van der Waals surface area contributed by atoms with Gasteiger partial charge in [0.1, 0.15) is 11.5 Å². The summed E-state index contributed by atoms with van der Waals surface area (Å²) in [6, 6.07) is 5.83. The Morgan fingerprint density at radius 1 is 1.29 bits per heavy atom. The molecule has 0 aliphatic rings. The molecule has 114 valence electrons. The van der Waals surface area contributed by atoms with Crippen LogP contribution in [0.4, 0.5) is 0 Å². The molecular formula is C15H21N3O3. The second-order valence-corrected chi connectivity index (χ2v) is 4.95. The first-order valence-corrected chi connectivity index (χ1v) is 6.76. The average molecular weight is 291 g/mol. The van der Waals surface area contributed by atoms with Crippen molar-refractivity contribution in [3.05, 3.63) is 35.5 Å². The minimum Gasteiger partial charge on any atom is -0.497 e. The van der Waals surface area contributed by atoms with Crippen LogP contribution in [-0.4, -0.2) is 36.3 Å². The highest BCUT2D eigenvalue weighted by molar-refractivity contribution is 5.40. The lowest BCUT2D eigenvalue weighted by Gasteiger charge is -2.22. The van der Waals surface area contributed by atoms with Gasteiger partial charge in [0.15, 0.2) is 5.82 Å². The molecule has 1 aromatic heterocycles. The van der Waals surface area contributed by atoms with Gasteiger partial charge in [-0.25, -0.2) is 0 Å². The summed E-state index contributed by atoms with van der Waals surface area (Å²) in [6.07, 6.45) is 0. The van der Waals surface area contributed by atoms with Crippen LogP contribution in [0.5, 0.6) is 11.5 Å². The lowest BCUT2D eigenvalue weighted by molar-refractivity contribution is 0.200. The van der Waals surface area contributed by atoms with Gasteiger partial charge in [-0.3, -0.25) is 4.90 Å². The lowest BCUT2D eigenvalue weighted by Crippen LogP contribution is -2.22. The molecule has 1 heterocycles. The highest BCUT2D eigenvalue weighted by Gasteiger charge is 2.19. The van der Waals surface area contributed by atoms with Crippen LogP contribution in [0, 0.1) is 6.92 Å². The van der Waals surface area contributed by atoms with E-state index >= 15 is 0 Å². The first-order valence-electron chi connectivity index (χ1n) is 6.76. The van der Waals surface area contributed by atoms with E-state index in [1.165, 1.54) is 0 Å². The van der Waals surface area contributed by atoms with Crippen LogP contribution in [0.25, 0.3) is 0 Å². The largest absolute Gasteiger partial charge is 0.497 e. The summed E-state index contributed by atoms with van der Waals surface area (Å²) in [5.41, 5.74) is 1.07. The minimum absolute atomic E-state index is 0.0259. The predicted molar refractivity (Wildman–Crippen MR) is 78.5 cm³/mol. The van der Waals surface area contributed by atoms with Gasteiger partial charge in [0.05, 0.1) is 20.3 Å². The molecule has 0 spiro atoms. The second-order valence-electron chi connectivity index (χ2n) is 4.95. The summed E-state index contributed by atoms with van der Waals surface area (Å²) in [4.78, 5) is 6.39. The fourth-order valence-corrected chi connectivity index (χ4v) is 2.06. The van der Waals surface area contributed by atoms with Gasteiger partial charge in [-0.2, -0.15) is 4.98 Å². The van der Waals surface area contributed by atoms with Crippen molar-refractivity contribution in [1.82, 2.24) is 15.0 Å². The van der Waals surface area contributed by atoms with Gasteiger partial charge < -0.3 is 14.0 Å². The number of rotatable bonds is 6. The molecule has 0 N–H and O–H groups in total. The third kappa shape index (κ3) is 3.52. The lowest BCUT2D eigenvalue weighted by atomic mass is 10.1. The molecule has 2 rings (SSSR count). The van der Waals surface area contributed by atoms with E-state index in [-0.39, 0.29) is 6.04 Å². The molecule has 0 fully saturated rings. The predicted octanol–water partition coefficient (Wildman–Crippen LogP) is 2.59. The Morgan fingerprint density at radius 3 is 2.62 bits per heavy atom. The van der Waals surface area contributed by atoms with E-state index in [1.54, 1.807) is 14.2 Å². The number of ether oxygens (including phenoxy) is 2. The van der Waals surface area contributed by atoms with Crippen molar-refractivity contribution in [3.63, 3.8) is 0 Å². The number of aryl methyl sites for hydroxylation is 1. The number of benzene rings is 1. The molecule has 6 nitrogen and oxygen atoms in total. The Hall–Kier alpha value is -2.08. The molecule has 1 aromatic carbocycles. The van der Waals surface area contributed by atoms with Gasteiger partial charge in [0.25, 0.3) is 0 Å². The van der Waals surface area contributed by atoms with Crippen molar-refractivity contribution < 1.29 is 14.0 Å². The van der Waals surface area contributed by atoms with Crippen LogP contribution in [0.1, 0.15) is 30.2 Å². The molecule has 0 aliphatic carbocycles. The smallest absolute Gasteiger partial charge is 0.243 e. The zero-order chi connectivity index (χ0) is 15.4.